The first kappa shape index (κ1) is 18.9. The molecule has 0 radical (unpaired) electrons. The summed E-state index contributed by atoms with van der Waals surface area (Å²) < 4.78 is 0. The van der Waals surface area contributed by atoms with Crippen molar-refractivity contribution in [1.82, 2.24) is 20.0 Å². The van der Waals surface area contributed by atoms with Crippen LogP contribution in [0.2, 0.25) is 0 Å². The highest BCUT2D eigenvalue weighted by molar-refractivity contribution is 5.89. The molecule has 2 aliphatic rings. The maximum Gasteiger partial charge on any atom is 0.240 e. The van der Waals surface area contributed by atoms with E-state index in [2.05, 4.69) is 29.4 Å². The molecule has 0 aliphatic carbocycles. The molecule has 1 aromatic carbocycles. The maximum absolute atomic E-state index is 12.7. The monoisotopic (exact) mass is 358 g/mol. The van der Waals surface area contributed by atoms with E-state index in [1.54, 1.807) is 0 Å². The van der Waals surface area contributed by atoms with Crippen molar-refractivity contribution in [2.24, 2.45) is 0 Å². The largest absolute Gasteiger partial charge is 0.340 e. The summed E-state index contributed by atoms with van der Waals surface area (Å²) in [6.07, 6.45) is 2.20. The van der Waals surface area contributed by atoms with Crippen LogP contribution < -0.4 is 5.32 Å². The number of hydrogen-bond donors (Lipinski definition) is 1. The normalized spacial score (nSPS) is 21.9. The van der Waals surface area contributed by atoms with E-state index in [9.17, 15) is 9.59 Å². The Morgan fingerprint density at radius 1 is 1.12 bits per heavy atom. The number of benzene rings is 1. The molecule has 3 rings (SSSR count). The summed E-state index contributed by atoms with van der Waals surface area (Å²) in [7, 11) is 2.07. The Kier molecular flexibility index (Phi) is 6.63. The Morgan fingerprint density at radius 2 is 1.85 bits per heavy atom. The minimum atomic E-state index is -0.368. The van der Waals surface area contributed by atoms with Gasteiger partial charge in [-0.15, -0.1) is 0 Å². The van der Waals surface area contributed by atoms with E-state index in [1.165, 1.54) is 5.56 Å². The predicted molar refractivity (Wildman–Crippen MR) is 102 cm³/mol. The summed E-state index contributed by atoms with van der Waals surface area (Å²) in [4.78, 5) is 31.3. The fraction of sp³-hybridized carbons (Fsp3) is 0.600. The Labute approximate surface area is 156 Å². The number of nitrogens with zero attached hydrogens (tertiary/aromatic N) is 3. The molecule has 0 bridgehead atoms. The second kappa shape index (κ2) is 9.14. The molecule has 2 amide bonds. The highest BCUT2D eigenvalue weighted by Gasteiger charge is 2.31. The zero-order chi connectivity index (χ0) is 18.4. The first-order chi connectivity index (χ1) is 12.6. The van der Waals surface area contributed by atoms with E-state index >= 15 is 0 Å². The minimum absolute atomic E-state index is 0.0757. The summed E-state index contributed by atoms with van der Waals surface area (Å²) in [5, 5.41) is 3.24. The van der Waals surface area contributed by atoms with Gasteiger partial charge in [0.2, 0.25) is 11.8 Å². The van der Waals surface area contributed by atoms with E-state index in [-0.39, 0.29) is 24.3 Å². The third kappa shape index (κ3) is 5.05. The lowest BCUT2D eigenvalue weighted by atomic mass is 10.1. The topological polar surface area (TPSA) is 55.9 Å². The molecule has 142 valence electrons. The van der Waals surface area contributed by atoms with Crippen molar-refractivity contribution in [3.05, 3.63) is 35.9 Å². The summed E-state index contributed by atoms with van der Waals surface area (Å²) in [6, 6.07) is 9.99. The van der Waals surface area contributed by atoms with E-state index in [1.807, 2.05) is 28.0 Å². The number of amides is 2. The minimum Gasteiger partial charge on any atom is -0.340 e. The first-order valence-electron chi connectivity index (χ1n) is 9.66. The van der Waals surface area contributed by atoms with Gasteiger partial charge in [-0.3, -0.25) is 9.59 Å². The zero-order valence-electron chi connectivity index (χ0n) is 15.7. The molecule has 1 atom stereocenters. The molecule has 1 aromatic rings. The number of carbonyl (C=O) groups is 2. The highest BCUT2D eigenvalue weighted by atomic mass is 16.2. The number of likely N-dealkylation sites (N-methyl/N-ethyl adjacent to an activating group) is 1. The van der Waals surface area contributed by atoms with Crippen molar-refractivity contribution in [1.29, 1.82) is 0 Å². The van der Waals surface area contributed by atoms with Gasteiger partial charge in [0.05, 0.1) is 12.5 Å². The van der Waals surface area contributed by atoms with Gasteiger partial charge in [0.1, 0.15) is 0 Å². The third-order valence-corrected chi connectivity index (χ3v) is 5.35. The van der Waals surface area contributed by atoms with Crippen molar-refractivity contribution in [3.8, 4) is 0 Å². The molecule has 1 unspecified atom stereocenters. The second-order valence-corrected chi connectivity index (χ2v) is 7.31. The number of nitrogens with one attached hydrogen (secondary N) is 1. The number of piperazine rings is 2. The van der Waals surface area contributed by atoms with Crippen LogP contribution in [0.3, 0.4) is 0 Å². The van der Waals surface area contributed by atoms with Gasteiger partial charge in [0.15, 0.2) is 0 Å². The van der Waals surface area contributed by atoms with Gasteiger partial charge in [-0.2, -0.15) is 0 Å². The summed E-state index contributed by atoms with van der Waals surface area (Å²) >= 11 is 0. The Bertz CT molecular complexity index is 599. The molecule has 2 aliphatic heterocycles. The van der Waals surface area contributed by atoms with E-state index < -0.39 is 0 Å². The quantitative estimate of drug-likeness (QED) is 0.808. The highest BCUT2D eigenvalue weighted by Crippen LogP contribution is 2.11. The number of aryl methyl sites for hydroxylation is 1. The predicted octanol–water partition coefficient (Wildman–Crippen LogP) is 0.584. The van der Waals surface area contributed by atoms with Gasteiger partial charge < -0.3 is 20.0 Å². The average molecular weight is 358 g/mol. The van der Waals surface area contributed by atoms with Gasteiger partial charge in [-0.1, -0.05) is 30.3 Å². The third-order valence-electron chi connectivity index (χ3n) is 5.35. The molecule has 0 spiro atoms. The summed E-state index contributed by atoms with van der Waals surface area (Å²) in [5.74, 6) is 0.168. The number of rotatable bonds is 6. The van der Waals surface area contributed by atoms with E-state index in [0.717, 1.165) is 58.7 Å². The van der Waals surface area contributed by atoms with Crippen LogP contribution in [-0.2, 0) is 16.0 Å². The second-order valence-electron chi connectivity index (χ2n) is 7.31. The van der Waals surface area contributed by atoms with Gasteiger partial charge >= 0.3 is 0 Å². The maximum atomic E-state index is 12.7. The lowest BCUT2D eigenvalue weighted by Crippen LogP contribution is -2.57. The molecule has 1 N–H and O–H groups in total. The molecule has 6 nitrogen and oxygen atoms in total. The molecule has 0 aromatic heterocycles. The zero-order valence-corrected chi connectivity index (χ0v) is 15.7. The molecule has 26 heavy (non-hydrogen) atoms. The Morgan fingerprint density at radius 3 is 2.58 bits per heavy atom. The van der Waals surface area contributed by atoms with Crippen molar-refractivity contribution in [2.75, 3.05) is 52.9 Å². The molecule has 2 heterocycles. The number of carbonyl (C=O) groups excluding carboxylic acids is 2. The van der Waals surface area contributed by atoms with Gasteiger partial charge in [-0.05, 0) is 25.5 Å². The number of hydrogen-bond acceptors (Lipinski definition) is 4. The smallest absolute Gasteiger partial charge is 0.240 e. The van der Waals surface area contributed by atoms with Gasteiger partial charge in [0, 0.05) is 45.8 Å². The van der Waals surface area contributed by atoms with Crippen LogP contribution in [0.25, 0.3) is 0 Å². The molecular formula is C20H30N4O2. The molecule has 6 heteroatoms. The van der Waals surface area contributed by atoms with Crippen LogP contribution in [0.4, 0.5) is 0 Å². The lowest BCUT2D eigenvalue weighted by Gasteiger charge is -2.36. The van der Waals surface area contributed by atoms with Crippen LogP contribution >= 0.6 is 0 Å². The summed E-state index contributed by atoms with van der Waals surface area (Å²) in [5.41, 5.74) is 1.30. The van der Waals surface area contributed by atoms with Gasteiger partial charge in [-0.25, -0.2) is 0 Å². The lowest BCUT2D eigenvalue weighted by molar-refractivity contribution is -0.141. The van der Waals surface area contributed by atoms with Crippen molar-refractivity contribution in [3.63, 3.8) is 0 Å². The summed E-state index contributed by atoms with van der Waals surface area (Å²) in [6.45, 7) is 5.58. The van der Waals surface area contributed by atoms with Crippen LogP contribution in [0, 0.1) is 0 Å². The van der Waals surface area contributed by atoms with E-state index in [0.29, 0.717) is 0 Å². The van der Waals surface area contributed by atoms with Crippen LogP contribution in [0.15, 0.2) is 30.3 Å². The molecule has 2 fully saturated rings. The molecule has 0 saturated carbocycles. The SMILES string of the molecule is CN1CCN(C(=O)CC2NCCN(CCCc3ccccc3)C2=O)CC1. The molecule has 2 saturated heterocycles. The van der Waals surface area contributed by atoms with Crippen molar-refractivity contribution in [2.45, 2.75) is 25.3 Å². The molecular weight excluding hydrogens is 328 g/mol. The fourth-order valence-electron chi connectivity index (χ4n) is 3.65. The van der Waals surface area contributed by atoms with Gasteiger partial charge in [0.25, 0.3) is 0 Å². The van der Waals surface area contributed by atoms with E-state index in [4.69, 9.17) is 0 Å². The van der Waals surface area contributed by atoms with Crippen LogP contribution in [-0.4, -0.2) is 85.4 Å². The Hall–Kier alpha value is -1.92. The average Bonchev–Trinajstić information content (AvgIpc) is 2.66. The fourth-order valence-corrected chi connectivity index (χ4v) is 3.65. The van der Waals surface area contributed by atoms with Crippen molar-refractivity contribution < 1.29 is 9.59 Å². The first-order valence-corrected chi connectivity index (χ1v) is 9.66. The van der Waals surface area contributed by atoms with Crippen LogP contribution in [0.5, 0.6) is 0 Å². The van der Waals surface area contributed by atoms with Crippen LogP contribution in [0.1, 0.15) is 18.4 Å². The van der Waals surface area contributed by atoms with Crippen molar-refractivity contribution >= 4 is 11.8 Å². The Balaban J connectivity index is 1.45. The standard InChI is InChI=1S/C20H30N4O2/c1-22-12-14-23(15-13-22)19(25)16-18-20(26)24(11-9-21-18)10-5-8-17-6-3-2-4-7-17/h2-4,6-7,18,21H,5,8-16H2,1H3.